The number of Topliss-reactive ketones (excluding diaryl/α,β-unsaturated/α-hetero) is 1. The molecule has 0 spiro atoms. The quantitative estimate of drug-likeness (QED) is 0.502. The van der Waals surface area contributed by atoms with Gasteiger partial charge in [-0.3, -0.25) is 4.79 Å². The Morgan fingerprint density at radius 2 is 2.12 bits per heavy atom. The summed E-state index contributed by atoms with van der Waals surface area (Å²) in [5.74, 6) is 1.55. The fourth-order valence-electron chi connectivity index (χ4n) is 1.39. The lowest BCUT2D eigenvalue weighted by Gasteiger charge is -2.32. The Hall–Kier alpha value is -1.54. The van der Waals surface area contributed by atoms with E-state index in [9.17, 15) is 9.59 Å². The lowest BCUT2D eigenvalue weighted by atomic mass is 10.2. The van der Waals surface area contributed by atoms with E-state index in [2.05, 4.69) is 0 Å². The molecular weight excluding hydrogens is 222 g/mol. The zero-order valence-electron chi connectivity index (χ0n) is 10.4. The Labute approximate surface area is 101 Å². The molecule has 0 aromatic carbocycles. The van der Waals surface area contributed by atoms with Crippen molar-refractivity contribution in [2.75, 3.05) is 19.7 Å². The SMILES string of the molecule is C#CC(=O)C1CN(C(=O)OC(C)(C)C)CCO1. The molecule has 1 fully saturated rings. The van der Waals surface area contributed by atoms with Crippen LogP contribution in [0.1, 0.15) is 20.8 Å². The van der Waals surface area contributed by atoms with Gasteiger partial charge in [0.1, 0.15) is 11.7 Å². The first kappa shape index (κ1) is 13.5. The number of morpholine rings is 1. The Kier molecular flexibility index (Phi) is 4.13. The lowest BCUT2D eigenvalue weighted by Crippen LogP contribution is -2.49. The molecule has 0 aromatic rings. The van der Waals surface area contributed by atoms with Crippen molar-refractivity contribution in [1.29, 1.82) is 0 Å². The van der Waals surface area contributed by atoms with Crippen molar-refractivity contribution in [3.05, 3.63) is 0 Å². The molecule has 1 aliphatic heterocycles. The summed E-state index contributed by atoms with van der Waals surface area (Å²) < 4.78 is 10.4. The molecule has 0 N–H and O–H groups in total. The maximum Gasteiger partial charge on any atom is 0.410 e. The minimum absolute atomic E-state index is 0.151. The highest BCUT2D eigenvalue weighted by molar-refractivity contribution is 5.98. The van der Waals surface area contributed by atoms with Crippen molar-refractivity contribution in [2.24, 2.45) is 0 Å². The molecule has 0 bridgehead atoms. The van der Waals surface area contributed by atoms with Crippen LogP contribution in [0.3, 0.4) is 0 Å². The van der Waals surface area contributed by atoms with Gasteiger partial charge in [0.15, 0.2) is 0 Å². The largest absolute Gasteiger partial charge is 0.444 e. The van der Waals surface area contributed by atoms with E-state index < -0.39 is 23.6 Å². The van der Waals surface area contributed by atoms with Gasteiger partial charge in [-0.2, -0.15) is 0 Å². The van der Waals surface area contributed by atoms with Crippen molar-refractivity contribution < 1.29 is 19.1 Å². The van der Waals surface area contributed by atoms with E-state index in [-0.39, 0.29) is 13.2 Å². The number of terminal acetylenes is 1. The number of hydrogen-bond acceptors (Lipinski definition) is 4. The maximum atomic E-state index is 11.8. The van der Waals surface area contributed by atoms with Crippen LogP contribution in [0.15, 0.2) is 0 Å². The molecule has 0 aromatic heterocycles. The third kappa shape index (κ3) is 4.08. The summed E-state index contributed by atoms with van der Waals surface area (Å²) in [5.41, 5.74) is -0.555. The van der Waals surface area contributed by atoms with Crippen LogP contribution in [0.4, 0.5) is 4.79 Å². The number of hydrogen-bond donors (Lipinski definition) is 0. The van der Waals surface area contributed by atoms with E-state index in [4.69, 9.17) is 15.9 Å². The molecule has 5 nitrogen and oxygen atoms in total. The molecule has 0 aliphatic carbocycles. The van der Waals surface area contributed by atoms with Crippen molar-refractivity contribution in [1.82, 2.24) is 4.90 Å². The first-order valence-electron chi connectivity index (χ1n) is 5.43. The summed E-state index contributed by atoms with van der Waals surface area (Å²) in [4.78, 5) is 24.5. The molecule has 5 heteroatoms. The van der Waals surface area contributed by atoms with E-state index in [1.54, 1.807) is 20.8 Å². The van der Waals surface area contributed by atoms with Crippen molar-refractivity contribution >= 4 is 11.9 Å². The summed E-state index contributed by atoms with van der Waals surface area (Å²) in [6.45, 7) is 6.21. The zero-order chi connectivity index (χ0) is 13.1. The number of amides is 1. The highest BCUT2D eigenvalue weighted by Gasteiger charge is 2.30. The highest BCUT2D eigenvalue weighted by Crippen LogP contribution is 2.13. The Balaban J connectivity index is 2.58. The van der Waals surface area contributed by atoms with Gasteiger partial charge in [0, 0.05) is 6.54 Å². The molecule has 1 rings (SSSR count). The van der Waals surface area contributed by atoms with Crippen LogP contribution < -0.4 is 0 Å². The topological polar surface area (TPSA) is 55.8 Å². The van der Waals surface area contributed by atoms with Crippen molar-refractivity contribution in [2.45, 2.75) is 32.5 Å². The first-order chi connectivity index (χ1) is 7.83. The summed E-state index contributed by atoms with van der Waals surface area (Å²) >= 11 is 0. The second-order valence-electron chi connectivity index (χ2n) is 4.79. The molecule has 94 valence electrons. The van der Waals surface area contributed by atoms with Gasteiger partial charge in [0.2, 0.25) is 5.78 Å². The van der Waals surface area contributed by atoms with Crippen LogP contribution in [0.5, 0.6) is 0 Å². The van der Waals surface area contributed by atoms with Gasteiger partial charge >= 0.3 is 6.09 Å². The van der Waals surface area contributed by atoms with E-state index in [0.717, 1.165) is 0 Å². The monoisotopic (exact) mass is 239 g/mol. The second kappa shape index (κ2) is 5.19. The normalized spacial score (nSPS) is 20.6. The summed E-state index contributed by atoms with van der Waals surface area (Å²) in [6, 6.07) is 0. The third-order valence-electron chi connectivity index (χ3n) is 2.15. The lowest BCUT2D eigenvalue weighted by molar-refractivity contribution is -0.129. The van der Waals surface area contributed by atoms with Gasteiger partial charge in [0.25, 0.3) is 0 Å². The van der Waals surface area contributed by atoms with E-state index >= 15 is 0 Å². The van der Waals surface area contributed by atoms with Crippen LogP contribution in [-0.4, -0.2) is 48.2 Å². The van der Waals surface area contributed by atoms with E-state index in [1.165, 1.54) is 4.90 Å². The van der Waals surface area contributed by atoms with Gasteiger partial charge in [-0.15, -0.1) is 6.42 Å². The molecule has 1 amide bonds. The van der Waals surface area contributed by atoms with Gasteiger partial charge in [0.05, 0.1) is 13.2 Å². The van der Waals surface area contributed by atoms with E-state index in [0.29, 0.717) is 6.54 Å². The molecule has 0 saturated carbocycles. The van der Waals surface area contributed by atoms with Crippen molar-refractivity contribution in [3.8, 4) is 12.3 Å². The predicted octanol–water partition coefficient (Wildman–Crippen LogP) is 0.825. The molecule has 0 radical (unpaired) electrons. The summed E-state index contributed by atoms with van der Waals surface area (Å²) in [5, 5.41) is 0. The van der Waals surface area contributed by atoms with Gasteiger partial charge in [-0.25, -0.2) is 4.79 Å². The van der Waals surface area contributed by atoms with Crippen LogP contribution >= 0.6 is 0 Å². The highest BCUT2D eigenvalue weighted by atomic mass is 16.6. The zero-order valence-corrected chi connectivity index (χ0v) is 10.4. The predicted molar refractivity (Wildman–Crippen MR) is 61.4 cm³/mol. The number of ketones is 1. The van der Waals surface area contributed by atoms with Gasteiger partial charge in [-0.1, -0.05) is 0 Å². The number of nitrogens with zero attached hydrogens (tertiary/aromatic N) is 1. The first-order valence-corrected chi connectivity index (χ1v) is 5.43. The van der Waals surface area contributed by atoms with E-state index in [1.807, 2.05) is 5.92 Å². The second-order valence-corrected chi connectivity index (χ2v) is 4.79. The Morgan fingerprint density at radius 3 is 2.65 bits per heavy atom. The van der Waals surface area contributed by atoms with Gasteiger partial charge < -0.3 is 14.4 Å². The summed E-state index contributed by atoms with van der Waals surface area (Å²) in [7, 11) is 0. The van der Waals surface area contributed by atoms with Crippen molar-refractivity contribution in [3.63, 3.8) is 0 Å². The smallest absolute Gasteiger partial charge is 0.410 e. The minimum atomic E-state index is -0.735. The van der Waals surface area contributed by atoms with Crippen LogP contribution in [0, 0.1) is 12.3 Å². The molecule has 1 atom stereocenters. The van der Waals surface area contributed by atoms with Crippen LogP contribution in [-0.2, 0) is 14.3 Å². The van der Waals surface area contributed by atoms with Crippen LogP contribution in [0.25, 0.3) is 0 Å². The fraction of sp³-hybridized carbons (Fsp3) is 0.667. The average molecular weight is 239 g/mol. The number of rotatable bonds is 1. The standard InChI is InChI=1S/C12H17NO4/c1-5-9(14)10-8-13(6-7-16-10)11(15)17-12(2,3)4/h1,10H,6-8H2,2-4H3. The molecular formula is C12H17NO4. The summed E-state index contributed by atoms with van der Waals surface area (Å²) in [6.07, 6.45) is 3.83. The number of carbonyl (C=O) groups excluding carboxylic acids is 2. The van der Waals surface area contributed by atoms with Gasteiger partial charge in [-0.05, 0) is 26.7 Å². The maximum absolute atomic E-state index is 11.8. The molecule has 17 heavy (non-hydrogen) atoms. The Bertz CT molecular complexity index is 350. The fourth-order valence-corrected chi connectivity index (χ4v) is 1.39. The number of ether oxygens (including phenoxy) is 2. The molecule has 1 saturated heterocycles. The third-order valence-corrected chi connectivity index (χ3v) is 2.15. The average Bonchev–Trinajstić information content (AvgIpc) is 2.26. The molecule has 1 aliphatic rings. The Morgan fingerprint density at radius 1 is 1.47 bits per heavy atom. The minimum Gasteiger partial charge on any atom is -0.444 e. The number of carbonyl (C=O) groups is 2. The molecule has 1 unspecified atom stereocenters. The molecule has 1 heterocycles. The van der Waals surface area contributed by atoms with Crippen LogP contribution in [0.2, 0.25) is 0 Å².